The quantitative estimate of drug-likeness (QED) is 0.946. The molecule has 1 aliphatic heterocycles. The van der Waals surface area contributed by atoms with Crippen LogP contribution in [0.3, 0.4) is 0 Å². The minimum absolute atomic E-state index is 0.379. The number of hydrogen-bond acceptors (Lipinski definition) is 4. The van der Waals surface area contributed by atoms with Crippen molar-refractivity contribution in [2.45, 2.75) is 12.8 Å². The van der Waals surface area contributed by atoms with Crippen LogP contribution in [0.15, 0.2) is 18.2 Å². The number of benzene rings is 1. The van der Waals surface area contributed by atoms with E-state index in [1.54, 1.807) is 18.2 Å². The summed E-state index contributed by atoms with van der Waals surface area (Å²) < 4.78 is 29.1. The summed E-state index contributed by atoms with van der Waals surface area (Å²) in [6.07, 6.45) is 1.83. The number of halogens is 1. The number of fused-ring (bicyclic) bond motifs is 1. The molecule has 1 N–H and O–H groups in total. The first kappa shape index (κ1) is 13.1. The highest BCUT2D eigenvalue weighted by Crippen LogP contribution is 2.29. The van der Waals surface area contributed by atoms with Crippen molar-refractivity contribution in [2.75, 3.05) is 17.8 Å². The van der Waals surface area contributed by atoms with Crippen LogP contribution in [-0.2, 0) is 10.2 Å². The Kier molecular flexibility index (Phi) is 3.38. The molecule has 0 spiro atoms. The van der Waals surface area contributed by atoms with Crippen LogP contribution in [0.1, 0.15) is 12.8 Å². The highest BCUT2D eigenvalue weighted by molar-refractivity contribution is 7.90. The zero-order chi connectivity index (χ0) is 13.5. The van der Waals surface area contributed by atoms with E-state index in [9.17, 15) is 8.42 Å². The largest absolute Gasteiger partial charge is 0.303 e. The molecule has 1 aromatic carbocycles. The third kappa shape index (κ3) is 2.69. The first-order chi connectivity index (χ1) is 9.04. The Labute approximate surface area is 120 Å². The van der Waals surface area contributed by atoms with Crippen molar-refractivity contribution in [1.82, 2.24) is 9.29 Å². The SMILES string of the molecule is O=S(=O)(Nc1nc2ccc(Cl)cc2s1)N1CCCC1. The molecule has 19 heavy (non-hydrogen) atoms. The Morgan fingerprint density at radius 1 is 1.32 bits per heavy atom. The highest BCUT2D eigenvalue weighted by atomic mass is 35.5. The van der Waals surface area contributed by atoms with Crippen LogP contribution in [-0.4, -0.2) is 30.8 Å². The molecule has 1 aliphatic rings. The Morgan fingerprint density at radius 2 is 2.05 bits per heavy atom. The first-order valence-corrected chi connectivity index (χ1v) is 8.52. The summed E-state index contributed by atoms with van der Waals surface area (Å²) >= 11 is 7.18. The standard InChI is InChI=1S/C11H12ClN3O2S2/c12-8-3-4-9-10(7-8)18-11(13-9)14-19(16,17)15-5-1-2-6-15/h3-4,7H,1-2,5-6H2,(H,13,14). The highest BCUT2D eigenvalue weighted by Gasteiger charge is 2.26. The number of hydrogen-bond donors (Lipinski definition) is 1. The van der Waals surface area contributed by atoms with Gasteiger partial charge in [-0.15, -0.1) is 0 Å². The van der Waals surface area contributed by atoms with Crippen LogP contribution in [0.2, 0.25) is 5.02 Å². The summed E-state index contributed by atoms with van der Waals surface area (Å²) in [5.41, 5.74) is 0.744. The Morgan fingerprint density at radius 3 is 2.79 bits per heavy atom. The molecule has 1 aromatic heterocycles. The third-order valence-electron chi connectivity index (χ3n) is 2.97. The maximum atomic E-state index is 12.1. The second-order valence-corrected chi connectivity index (χ2v) is 7.48. The first-order valence-electron chi connectivity index (χ1n) is 5.88. The third-order valence-corrected chi connectivity index (χ3v) is 5.77. The van der Waals surface area contributed by atoms with E-state index in [1.165, 1.54) is 15.6 Å². The number of rotatable bonds is 3. The molecule has 2 heterocycles. The summed E-state index contributed by atoms with van der Waals surface area (Å²) in [5, 5.41) is 0.995. The van der Waals surface area contributed by atoms with Crippen LogP contribution in [0.5, 0.6) is 0 Å². The molecule has 102 valence electrons. The van der Waals surface area contributed by atoms with E-state index in [2.05, 4.69) is 9.71 Å². The van der Waals surface area contributed by atoms with E-state index in [0.29, 0.717) is 23.2 Å². The summed E-state index contributed by atoms with van der Waals surface area (Å²) in [6.45, 7) is 1.15. The van der Waals surface area contributed by atoms with E-state index in [4.69, 9.17) is 11.6 Å². The lowest BCUT2D eigenvalue weighted by molar-refractivity contribution is 0.482. The maximum Gasteiger partial charge on any atom is 0.303 e. The van der Waals surface area contributed by atoms with Gasteiger partial charge < -0.3 is 0 Å². The van der Waals surface area contributed by atoms with Crippen molar-refractivity contribution < 1.29 is 8.42 Å². The molecule has 0 amide bonds. The number of nitrogens with one attached hydrogen (secondary N) is 1. The molecular formula is C11H12ClN3O2S2. The van der Waals surface area contributed by atoms with Gasteiger partial charge in [0.1, 0.15) is 0 Å². The van der Waals surface area contributed by atoms with Gasteiger partial charge in [0.2, 0.25) is 0 Å². The fourth-order valence-electron chi connectivity index (χ4n) is 2.05. The molecule has 0 saturated carbocycles. The number of thiazole rings is 1. The smallest absolute Gasteiger partial charge is 0.246 e. The fourth-order valence-corrected chi connectivity index (χ4v) is 4.66. The predicted octanol–water partition coefficient (Wildman–Crippen LogP) is 2.70. The molecule has 0 aliphatic carbocycles. The maximum absolute atomic E-state index is 12.1. The molecule has 0 unspecified atom stereocenters. The van der Waals surface area contributed by atoms with Gasteiger partial charge in [-0.1, -0.05) is 22.9 Å². The zero-order valence-corrected chi connectivity index (χ0v) is 12.4. The van der Waals surface area contributed by atoms with Gasteiger partial charge in [-0.05, 0) is 31.0 Å². The van der Waals surface area contributed by atoms with Crippen molar-refractivity contribution in [2.24, 2.45) is 0 Å². The Hall–Kier alpha value is -0.890. The summed E-state index contributed by atoms with van der Waals surface area (Å²) in [4.78, 5) is 4.25. The fraction of sp³-hybridized carbons (Fsp3) is 0.364. The van der Waals surface area contributed by atoms with Crippen molar-refractivity contribution in [3.05, 3.63) is 23.2 Å². The van der Waals surface area contributed by atoms with Gasteiger partial charge in [0.05, 0.1) is 10.2 Å². The summed E-state index contributed by atoms with van der Waals surface area (Å²) in [7, 11) is -3.47. The van der Waals surface area contributed by atoms with Gasteiger partial charge in [-0.3, -0.25) is 0 Å². The van der Waals surface area contributed by atoms with Gasteiger partial charge in [-0.2, -0.15) is 12.7 Å². The van der Waals surface area contributed by atoms with Crippen LogP contribution in [0.4, 0.5) is 5.13 Å². The molecule has 3 rings (SSSR count). The van der Waals surface area contributed by atoms with E-state index in [0.717, 1.165) is 23.1 Å². The average Bonchev–Trinajstić information content (AvgIpc) is 2.95. The normalized spacial score (nSPS) is 17.1. The lowest BCUT2D eigenvalue weighted by Gasteiger charge is -2.14. The van der Waals surface area contributed by atoms with Crippen molar-refractivity contribution in [3.8, 4) is 0 Å². The molecular weight excluding hydrogens is 306 g/mol. The molecule has 1 fully saturated rings. The van der Waals surface area contributed by atoms with Crippen LogP contribution in [0.25, 0.3) is 10.2 Å². The van der Waals surface area contributed by atoms with Crippen molar-refractivity contribution in [1.29, 1.82) is 0 Å². The van der Waals surface area contributed by atoms with Gasteiger partial charge >= 0.3 is 10.2 Å². The van der Waals surface area contributed by atoms with Crippen LogP contribution in [0, 0.1) is 0 Å². The minimum atomic E-state index is -3.47. The summed E-state index contributed by atoms with van der Waals surface area (Å²) in [5.74, 6) is 0. The van der Waals surface area contributed by atoms with Gasteiger partial charge in [-0.25, -0.2) is 9.71 Å². The van der Waals surface area contributed by atoms with Crippen molar-refractivity contribution >= 4 is 48.5 Å². The van der Waals surface area contributed by atoms with Crippen LogP contribution >= 0.6 is 22.9 Å². The molecule has 8 heteroatoms. The van der Waals surface area contributed by atoms with Gasteiger partial charge in [0, 0.05) is 18.1 Å². The van der Waals surface area contributed by atoms with E-state index in [-0.39, 0.29) is 0 Å². The number of anilines is 1. The van der Waals surface area contributed by atoms with Gasteiger partial charge in [0.15, 0.2) is 5.13 Å². The molecule has 0 atom stereocenters. The van der Waals surface area contributed by atoms with Gasteiger partial charge in [0.25, 0.3) is 0 Å². The molecule has 0 bridgehead atoms. The minimum Gasteiger partial charge on any atom is -0.246 e. The molecule has 2 aromatic rings. The topological polar surface area (TPSA) is 62.3 Å². The number of aromatic nitrogens is 1. The lowest BCUT2D eigenvalue weighted by atomic mass is 10.3. The lowest BCUT2D eigenvalue weighted by Crippen LogP contribution is -2.33. The molecule has 1 saturated heterocycles. The monoisotopic (exact) mass is 317 g/mol. The molecule has 0 radical (unpaired) electrons. The zero-order valence-electron chi connectivity index (χ0n) is 9.97. The van der Waals surface area contributed by atoms with E-state index < -0.39 is 10.2 Å². The predicted molar refractivity (Wildman–Crippen MR) is 78.0 cm³/mol. The van der Waals surface area contributed by atoms with Crippen molar-refractivity contribution in [3.63, 3.8) is 0 Å². The Bertz CT molecular complexity index is 708. The number of nitrogens with zero attached hydrogens (tertiary/aromatic N) is 2. The summed E-state index contributed by atoms with van der Waals surface area (Å²) in [6, 6.07) is 5.30. The van der Waals surface area contributed by atoms with E-state index >= 15 is 0 Å². The van der Waals surface area contributed by atoms with Crippen LogP contribution < -0.4 is 4.72 Å². The second kappa shape index (κ2) is 4.90. The second-order valence-electron chi connectivity index (χ2n) is 4.34. The van der Waals surface area contributed by atoms with E-state index in [1.807, 2.05) is 0 Å². The average molecular weight is 318 g/mol. The molecule has 5 nitrogen and oxygen atoms in total. The Balaban J connectivity index is 1.88.